The predicted octanol–water partition coefficient (Wildman–Crippen LogP) is 4.90. The third kappa shape index (κ3) is 3.39. The van der Waals surface area contributed by atoms with Gasteiger partial charge in [-0.3, -0.25) is 0 Å². The van der Waals surface area contributed by atoms with Crippen LogP contribution in [0.15, 0.2) is 60.7 Å². The Kier molecular flexibility index (Phi) is 5.59. The summed E-state index contributed by atoms with van der Waals surface area (Å²) >= 11 is -0.886. The van der Waals surface area contributed by atoms with Gasteiger partial charge in [0.2, 0.25) is 0 Å². The van der Waals surface area contributed by atoms with Crippen LogP contribution in [0.3, 0.4) is 0 Å². The Morgan fingerprint density at radius 3 is 1.37 bits per heavy atom. The summed E-state index contributed by atoms with van der Waals surface area (Å²) in [5, 5.41) is 0. The van der Waals surface area contributed by atoms with Crippen LogP contribution in [-0.2, 0) is 32.0 Å². The van der Waals surface area contributed by atoms with Gasteiger partial charge in [0.05, 0.1) is 0 Å². The molecular formula is C30H26O4Ti. The van der Waals surface area contributed by atoms with Crippen LogP contribution in [-0.4, -0.2) is 28.4 Å². The van der Waals surface area contributed by atoms with Crippen molar-refractivity contribution in [3.8, 4) is 45.3 Å². The van der Waals surface area contributed by atoms with Gasteiger partial charge in [0.25, 0.3) is 0 Å². The first-order valence-electron chi connectivity index (χ1n) is 11.7. The van der Waals surface area contributed by atoms with Crippen molar-refractivity contribution in [1.82, 2.24) is 0 Å². The van der Waals surface area contributed by atoms with Crippen LogP contribution in [0.2, 0.25) is 0 Å². The van der Waals surface area contributed by atoms with Crippen LogP contribution < -0.4 is 26.7 Å². The molecule has 35 heavy (non-hydrogen) atoms. The van der Waals surface area contributed by atoms with Gasteiger partial charge in [0, 0.05) is 0 Å². The number of methoxy groups -OCH3 is 4. The van der Waals surface area contributed by atoms with Gasteiger partial charge in [0.15, 0.2) is 0 Å². The van der Waals surface area contributed by atoms with Gasteiger partial charge < -0.3 is 0 Å². The van der Waals surface area contributed by atoms with Crippen LogP contribution >= 0.6 is 0 Å². The van der Waals surface area contributed by atoms with E-state index < -0.39 is 19.2 Å². The molecule has 174 valence electrons. The molecule has 0 atom stereocenters. The van der Waals surface area contributed by atoms with E-state index in [9.17, 15) is 0 Å². The fraction of sp³-hybridized carbons (Fsp3) is 0.200. The molecule has 2 aliphatic rings. The summed E-state index contributed by atoms with van der Waals surface area (Å²) in [6.07, 6.45) is 1.80. The quantitative estimate of drug-likeness (QED) is 0.307. The van der Waals surface area contributed by atoms with Crippen LogP contribution in [0.4, 0.5) is 0 Å². The molecule has 4 aromatic carbocycles. The summed E-state index contributed by atoms with van der Waals surface area (Å²) < 4.78 is 26.2. The second-order valence-corrected chi connectivity index (χ2v) is 10.8. The van der Waals surface area contributed by atoms with Gasteiger partial charge in [-0.25, -0.2) is 0 Å². The van der Waals surface area contributed by atoms with Gasteiger partial charge in [-0.1, -0.05) is 0 Å². The minimum absolute atomic E-state index is 0.781. The molecule has 0 spiro atoms. The number of benzene rings is 4. The van der Waals surface area contributed by atoms with E-state index in [1.54, 1.807) is 28.4 Å². The summed E-state index contributed by atoms with van der Waals surface area (Å²) in [5.41, 5.74) is 10.5. The Bertz CT molecular complexity index is 1360. The standard InChI is InChI=1S/2C15H13O2.Ti/c2*1-16-14-8-11-7-10-5-3-4-6-12(10)13(11)9-15(14)17-2;/h2*3-6,9H,7H2,1-2H3;. The third-order valence-corrected chi connectivity index (χ3v) is 9.59. The number of fused-ring (bicyclic) bond motifs is 6. The number of rotatable bonds is 6. The van der Waals surface area contributed by atoms with Crippen molar-refractivity contribution in [3.05, 3.63) is 82.9 Å². The molecule has 0 heterocycles. The molecular weight excluding hydrogens is 472 g/mol. The van der Waals surface area contributed by atoms with E-state index in [2.05, 4.69) is 60.7 Å². The molecule has 4 aromatic rings. The predicted molar refractivity (Wildman–Crippen MR) is 135 cm³/mol. The fourth-order valence-corrected chi connectivity index (χ4v) is 8.17. The van der Waals surface area contributed by atoms with Crippen LogP contribution in [0.5, 0.6) is 23.0 Å². The average molecular weight is 498 g/mol. The van der Waals surface area contributed by atoms with E-state index >= 15 is 0 Å². The molecule has 0 fully saturated rings. The molecule has 0 aliphatic heterocycles. The summed E-state index contributed by atoms with van der Waals surface area (Å²) in [6, 6.07) is 21.6. The molecule has 0 radical (unpaired) electrons. The monoisotopic (exact) mass is 498 g/mol. The van der Waals surface area contributed by atoms with Gasteiger partial charge in [-0.05, 0) is 0 Å². The molecule has 0 amide bonds. The molecule has 2 aliphatic carbocycles. The molecule has 5 heteroatoms. The van der Waals surface area contributed by atoms with E-state index in [4.69, 9.17) is 18.9 Å². The van der Waals surface area contributed by atoms with E-state index in [1.165, 1.54) is 52.2 Å². The topological polar surface area (TPSA) is 36.9 Å². The zero-order chi connectivity index (χ0) is 24.1. The second kappa shape index (κ2) is 8.78. The van der Waals surface area contributed by atoms with Crippen LogP contribution in [0, 0.1) is 0 Å². The molecule has 4 nitrogen and oxygen atoms in total. The summed E-state index contributed by atoms with van der Waals surface area (Å²) in [6.45, 7) is 0. The SMILES string of the molecule is COc1cc2c([c]([Ti][c]3c4c(cc(OC)c3OC)-c3ccccc3C4)c1OC)Cc1ccccc1-2. The van der Waals surface area contributed by atoms with Crippen molar-refractivity contribution in [3.63, 3.8) is 0 Å². The van der Waals surface area contributed by atoms with Gasteiger partial charge in [-0.2, -0.15) is 0 Å². The Labute approximate surface area is 214 Å². The Morgan fingerprint density at radius 2 is 0.971 bits per heavy atom. The van der Waals surface area contributed by atoms with E-state index in [0.29, 0.717) is 0 Å². The molecule has 0 N–H and O–H groups in total. The van der Waals surface area contributed by atoms with Gasteiger partial charge >= 0.3 is 215 Å². The summed E-state index contributed by atoms with van der Waals surface area (Å²) in [4.78, 5) is 0. The first-order valence-corrected chi connectivity index (χ1v) is 13.2. The van der Waals surface area contributed by atoms with E-state index in [0.717, 1.165) is 35.8 Å². The molecule has 0 bridgehead atoms. The third-order valence-electron chi connectivity index (χ3n) is 7.15. The molecule has 0 saturated carbocycles. The van der Waals surface area contributed by atoms with E-state index in [-0.39, 0.29) is 0 Å². The number of ether oxygens (including phenoxy) is 4. The zero-order valence-corrected chi connectivity index (χ0v) is 21.9. The van der Waals surface area contributed by atoms with Crippen molar-refractivity contribution in [2.45, 2.75) is 12.8 Å². The summed E-state index contributed by atoms with van der Waals surface area (Å²) in [7, 11) is 6.92. The van der Waals surface area contributed by atoms with Crippen molar-refractivity contribution in [1.29, 1.82) is 0 Å². The number of hydrogen-bond donors (Lipinski definition) is 0. The Morgan fingerprint density at radius 1 is 0.543 bits per heavy atom. The van der Waals surface area contributed by atoms with Crippen molar-refractivity contribution < 1.29 is 38.1 Å². The molecule has 0 saturated heterocycles. The maximum atomic E-state index is 6.01. The maximum absolute atomic E-state index is 6.01. The zero-order valence-electron chi connectivity index (χ0n) is 20.3. The van der Waals surface area contributed by atoms with Crippen molar-refractivity contribution in [2.75, 3.05) is 28.4 Å². The minimum atomic E-state index is -0.886. The fourth-order valence-electron chi connectivity index (χ4n) is 5.56. The van der Waals surface area contributed by atoms with Crippen LogP contribution in [0.25, 0.3) is 22.3 Å². The molecule has 0 aromatic heterocycles. The number of hydrogen-bond acceptors (Lipinski definition) is 4. The average Bonchev–Trinajstić information content (AvgIpc) is 3.46. The Balaban J connectivity index is 1.59. The second-order valence-electron chi connectivity index (χ2n) is 8.82. The van der Waals surface area contributed by atoms with Gasteiger partial charge in [0.1, 0.15) is 0 Å². The molecule has 0 unspecified atom stereocenters. The Hall–Kier alpha value is -3.21. The summed E-state index contributed by atoms with van der Waals surface area (Å²) in [5.74, 6) is 3.24. The molecule has 6 rings (SSSR count). The van der Waals surface area contributed by atoms with Crippen molar-refractivity contribution >= 4 is 7.74 Å². The first-order chi connectivity index (χ1) is 17.2. The van der Waals surface area contributed by atoms with Crippen LogP contribution in [0.1, 0.15) is 22.3 Å². The van der Waals surface area contributed by atoms with Gasteiger partial charge in [-0.15, -0.1) is 0 Å². The van der Waals surface area contributed by atoms with E-state index in [1.807, 2.05) is 0 Å². The normalized spacial score (nSPS) is 12.3. The van der Waals surface area contributed by atoms with Crippen molar-refractivity contribution in [2.24, 2.45) is 0 Å². The first kappa shape index (κ1) is 22.3.